The van der Waals surface area contributed by atoms with Gasteiger partial charge < -0.3 is 15.3 Å². The van der Waals surface area contributed by atoms with E-state index in [9.17, 15) is 5.11 Å². The third-order valence-electron chi connectivity index (χ3n) is 3.74. The molecule has 0 saturated carbocycles. The zero-order chi connectivity index (χ0) is 15.8. The van der Waals surface area contributed by atoms with Gasteiger partial charge in [0.1, 0.15) is 0 Å². The molecule has 2 N–H and O–H groups in total. The standard InChI is InChI=1S/C17H38N2O/c1-14(2)12-19(16(5)6)11-9-8-10-17(7,13-20)18-15(3)4/h14-16,18,20H,8-13H2,1-7H3. The second-order valence-electron chi connectivity index (χ2n) is 7.46. The lowest BCUT2D eigenvalue weighted by atomic mass is 9.94. The Morgan fingerprint density at radius 1 is 1.05 bits per heavy atom. The van der Waals surface area contributed by atoms with Gasteiger partial charge in [-0.25, -0.2) is 0 Å². The topological polar surface area (TPSA) is 35.5 Å². The summed E-state index contributed by atoms with van der Waals surface area (Å²) in [5.41, 5.74) is -0.130. The Hall–Kier alpha value is -0.120. The van der Waals surface area contributed by atoms with E-state index >= 15 is 0 Å². The average molecular weight is 287 g/mol. The van der Waals surface area contributed by atoms with Gasteiger partial charge in [-0.2, -0.15) is 0 Å². The van der Waals surface area contributed by atoms with Gasteiger partial charge in [0.15, 0.2) is 0 Å². The fourth-order valence-corrected chi connectivity index (χ4v) is 2.75. The molecular formula is C17H38N2O. The highest BCUT2D eigenvalue weighted by Gasteiger charge is 2.23. The van der Waals surface area contributed by atoms with E-state index < -0.39 is 0 Å². The molecule has 0 aromatic carbocycles. The number of aliphatic hydroxyl groups is 1. The lowest BCUT2D eigenvalue weighted by molar-refractivity contribution is 0.148. The number of rotatable bonds is 11. The third-order valence-corrected chi connectivity index (χ3v) is 3.74. The van der Waals surface area contributed by atoms with Crippen molar-refractivity contribution in [2.75, 3.05) is 19.7 Å². The molecule has 0 aliphatic rings. The first-order valence-electron chi connectivity index (χ1n) is 8.33. The van der Waals surface area contributed by atoms with Crippen molar-refractivity contribution in [1.82, 2.24) is 10.2 Å². The van der Waals surface area contributed by atoms with Crippen molar-refractivity contribution in [1.29, 1.82) is 0 Å². The SMILES string of the molecule is CC(C)CN(CCCCC(C)(CO)NC(C)C)C(C)C. The summed E-state index contributed by atoms with van der Waals surface area (Å²) >= 11 is 0. The van der Waals surface area contributed by atoms with Crippen molar-refractivity contribution >= 4 is 0 Å². The molecule has 0 rings (SSSR count). The molecule has 122 valence electrons. The van der Waals surface area contributed by atoms with E-state index in [4.69, 9.17) is 0 Å². The number of nitrogens with zero attached hydrogens (tertiary/aromatic N) is 1. The van der Waals surface area contributed by atoms with Gasteiger partial charge >= 0.3 is 0 Å². The Kier molecular flexibility index (Phi) is 9.69. The average Bonchev–Trinajstić information content (AvgIpc) is 2.31. The smallest absolute Gasteiger partial charge is 0.0610 e. The van der Waals surface area contributed by atoms with E-state index in [0.717, 1.165) is 18.8 Å². The maximum absolute atomic E-state index is 9.58. The molecule has 0 fully saturated rings. The van der Waals surface area contributed by atoms with Crippen molar-refractivity contribution in [2.45, 2.75) is 85.4 Å². The lowest BCUT2D eigenvalue weighted by Crippen LogP contribution is -2.49. The van der Waals surface area contributed by atoms with Crippen molar-refractivity contribution in [3.05, 3.63) is 0 Å². The van der Waals surface area contributed by atoms with Crippen LogP contribution in [0.25, 0.3) is 0 Å². The van der Waals surface area contributed by atoms with Crippen LogP contribution in [0.5, 0.6) is 0 Å². The normalized spacial score (nSPS) is 15.6. The minimum atomic E-state index is -0.130. The first-order valence-corrected chi connectivity index (χ1v) is 8.33. The number of nitrogens with one attached hydrogen (secondary N) is 1. The fraction of sp³-hybridized carbons (Fsp3) is 1.00. The van der Waals surface area contributed by atoms with E-state index in [-0.39, 0.29) is 12.1 Å². The summed E-state index contributed by atoms with van der Waals surface area (Å²) in [6, 6.07) is 1.04. The van der Waals surface area contributed by atoms with E-state index in [1.807, 2.05) is 0 Å². The number of hydrogen-bond acceptors (Lipinski definition) is 3. The first kappa shape index (κ1) is 19.9. The van der Waals surface area contributed by atoms with E-state index in [2.05, 4.69) is 58.7 Å². The van der Waals surface area contributed by atoms with Crippen LogP contribution in [0.2, 0.25) is 0 Å². The minimum absolute atomic E-state index is 0.130. The van der Waals surface area contributed by atoms with Crippen LogP contribution in [0.1, 0.15) is 67.7 Å². The Bertz CT molecular complexity index is 241. The van der Waals surface area contributed by atoms with Crippen LogP contribution in [0.15, 0.2) is 0 Å². The molecule has 1 unspecified atom stereocenters. The molecular weight excluding hydrogens is 248 g/mol. The molecule has 0 radical (unpaired) electrons. The Labute approximate surface area is 127 Å². The molecule has 0 spiro atoms. The van der Waals surface area contributed by atoms with Crippen LogP contribution in [0.3, 0.4) is 0 Å². The zero-order valence-electron chi connectivity index (χ0n) is 14.9. The maximum atomic E-state index is 9.58. The molecule has 3 heteroatoms. The molecule has 1 atom stereocenters. The second-order valence-corrected chi connectivity index (χ2v) is 7.46. The van der Waals surface area contributed by atoms with Crippen LogP contribution in [-0.2, 0) is 0 Å². The second kappa shape index (κ2) is 9.75. The Morgan fingerprint density at radius 3 is 2.05 bits per heavy atom. The van der Waals surface area contributed by atoms with E-state index in [0.29, 0.717) is 12.1 Å². The quantitative estimate of drug-likeness (QED) is 0.572. The molecule has 0 bridgehead atoms. The molecule has 0 heterocycles. The monoisotopic (exact) mass is 286 g/mol. The molecule has 3 nitrogen and oxygen atoms in total. The fourth-order valence-electron chi connectivity index (χ4n) is 2.75. The number of aliphatic hydroxyl groups excluding tert-OH is 1. The maximum Gasteiger partial charge on any atom is 0.0610 e. The third kappa shape index (κ3) is 8.93. The lowest BCUT2D eigenvalue weighted by Gasteiger charge is -2.32. The molecule has 20 heavy (non-hydrogen) atoms. The van der Waals surface area contributed by atoms with Gasteiger partial charge in [0.05, 0.1) is 6.61 Å². The summed E-state index contributed by atoms with van der Waals surface area (Å²) in [5.74, 6) is 0.725. The summed E-state index contributed by atoms with van der Waals surface area (Å²) in [5, 5.41) is 13.1. The summed E-state index contributed by atoms with van der Waals surface area (Å²) in [6.45, 7) is 18.1. The van der Waals surface area contributed by atoms with Crippen LogP contribution < -0.4 is 5.32 Å². The van der Waals surface area contributed by atoms with Gasteiger partial charge in [-0.3, -0.25) is 0 Å². The van der Waals surface area contributed by atoms with Gasteiger partial charge in [-0.05, 0) is 46.1 Å². The molecule has 0 aliphatic heterocycles. The van der Waals surface area contributed by atoms with Crippen LogP contribution in [-0.4, -0.2) is 47.3 Å². The molecule has 0 saturated heterocycles. The summed E-state index contributed by atoms with van der Waals surface area (Å²) in [4.78, 5) is 2.57. The first-order chi connectivity index (χ1) is 9.20. The van der Waals surface area contributed by atoms with Crippen LogP contribution in [0.4, 0.5) is 0 Å². The highest BCUT2D eigenvalue weighted by molar-refractivity contribution is 4.83. The van der Waals surface area contributed by atoms with Crippen molar-refractivity contribution < 1.29 is 5.11 Å². The van der Waals surface area contributed by atoms with Crippen molar-refractivity contribution in [3.8, 4) is 0 Å². The van der Waals surface area contributed by atoms with Crippen LogP contribution in [0, 0.1) is 5.92 Å². The molecule has 0 aromatic rings. The van der Waals surface area contributed by atoms with Gasteiger partial charge in [0, 0.05) is 24.2 Å². The molecule has 0 aromatic heterocycles. The van der Waals surface area contributed by atoms with E-state index in [1.165, 1.54) is 19.5 Å². The van der Waals surface area contributed by atoms with E-state index in [1.54, 1.807) is 0 Å². The molecule has 0 amide bonds. The molecule has 0 aliphatic carbocycles. The van der Waals surface area contributed by atoms with Gasteiger partial charge in [0.25, 0.3) is 0 Å². The Morgan fingerprint density at radius 2 is 1.65 bits per heavy atom. The van der Waals surface area contributed by atoms with Gasteiger partial charge in [0.2, 0.25) is 0 Å². The number of hydrogen-bond donors (Lipinski definition) is 2. The largest absolute Gasteiger partial charge is 0.394 e. The van der Waals surface area contributed by atoms with Crippen LogP contribution >= 0.6 is 0 Å². The zero-order valence-corrected chi connectivity index (χ0v) is 14.9. The highest BCUT2D eigenvalue weighted by Crippen LogP contribution is 2.15. The van der Waals surface area contributed by atoms with Gasteiger partial charge in [-0.15, -0.1) is 0 Å². The van der Waals surface area contributed by atoms with Crippen molar-refractivity contribution in [2.24, 2.45) is 5.92 Å². The van der Waals surface area contributed by atoms with Gasteiger partial charge in [-0.1, -0.05) is 34.1 Å². The predicted molar refractivity (Wildman–Crippen MR) is 89.2 cm³/mol. The predicted octanol–water partition coefficient (Wildman–Crippen LogP) is 3.27. The summed E-state index contributed by atoms with van der Waals surface area (Å²) in [7, 11) is 0. The minimum Gasteiger partial charge on any atom is -0.394 e. The van der Waals surface area contributed by atoms with Crippen molar-refractivity contribution in [3.63, 3.8) is 0 Å². The highest BCUT2D eigenvalue weighted by atomic mass is 16.3. The number of unbranched alkanes of at least 4 members (excludes halogenated alkanes) is 1. The Balaban J connectivity index is 4.08. The summed E-state index contributed by atoms with van der Waals surface area (Å²) < 4.78 is 0. The summed E-state index contributed by atoms with van der Waals surface area (Å²) in [6.07, 6.45) is 3.41.